The van der Waals surface area contributed by atoms with Crippen molar-refractivity contribution in [3.05, 3.63) is 71.8 Å². The number of hydrogen-bond donors (Lipinski definition) is 0. The van der Waals surface area contributed by atoms with E-state index < -0.39 is 0 Å². The van der Waals surface area contributed by atoms with Crippen LogP contribution in [0, 0.1) is 11.3 Å². The molecule has 0 saturated carbocycles. The number of methoxy groups -OCH3 is 1. The third kappa shape index (κ3) is 4.30. The van der Waals surface area contributed by atoms with Crippen molar-refractivity contribution in [3.8, 4) is 17.6 Å². The standard InChI is InChI=1S/C24H23NO2/c1-3-4-14-27-23-13-12-18(16-24(23)26-2)15-20(17-25)22-11-7-9-19-8-5-6-10-21(19)22/h5-13,15-16H,3-4,14H2,1-2H3/b20-15+. The van der Waals surface area contributed by atoms with E-state index >= 15 is 0 Å². The summed E-state index contributed by atoms with van der Waals surface area (Å²) >= 11 is 0. The summed E-state index contributed by atoms with van der Waals surface area (Å²) in [5, 5.41) is 11.9. The Hall–Kier alpha value is -3.25. The van der Waals surface area contributed by atoms with Crippen LogP contribution < -0.4 is 9.47 Å². The Morgan fingerprint density at radius 1 is 1.04 bits per heavy atom. The number of benzene rings is 3. The first-order chi connectivity index (χ1) is 13.3. The van der Waals surface area contributed by atoms with Crippen LogP contribution in [0.3, 0.4) is 0 Å². The molecule has 0 fully saturated rings. The molecule has 0 radical (unpaired) electrons. The lowest BCUT2D eigenvalue weighted by atomic mass is 9.97. The molecule has 3 rings (SSSR count). The van der Waals surface area contributed by atoms with Crippen LogP contribution in [0.25, 0.3) is 22.4 Å². The first-order valence-corrected chi connectivity index (χ1v) is 9.17. The Labute approximate surface area is 160 Å². The van der Waals surface area contributed by atoms with Gasteiger partial charge in [-0.2, -0.15) is 5.26 Å². The van der Waals surface area contributed by atoms with Crippen molar-refractivity contribution in [1.29, 1.82) is 5.26 Å². The third-order valence-electron chi connectivity index (χ3n) is 4.45. The zero-order chi connectivity index (χ0) is 19.1. The first kappa shape index (κ1) is 18.5. The number of unbranched alkanes of at least 4 members (excludes halogenated alkanes) is 1. The van der Waals surface area contributed by atoms with E-state index in [4.69, 9.17) is 9.47 Å². The summed E-state index contributed by atoms with van der Waals surface area (Å²) in [6, 6.07) is 22.2. The second kappa shape index (κ2) is 8.91. The van der Waals surface area contributed by atoms with E-state index in [0.29, 0.717) is 17.9 Å². The predicted molar refractivity (Wildman–Crippen MR) is 111 cm³/mol. The smallest absolute Gasteiger partial charge is 0.161 e. The fourth-order valence-electron chi connectivity index (χ4n) is 3.02. The van der Waals surface area contributed by atoms with Gasteiger partial charge in [-0.05, 0) is 41.0 Å². The molecule has 0 heterocycles. The minimum absolute atomic E-state index is 0.619. The number of ether oxygens (including phenoxy) is 2. The number of rotatable bonds is 7. The van der Waals surface area contributed by atoms with Gasteiger partial charge in [-0.25, -0.2) is 0 Å². The summed E-state index contributed by atoms with van der Waals surface area (Å²) in [4.78, 5) is 0. The lowest BCUT2D eigenvalue weighted by Crippen LogP contribution is -1.99. The second-order valence-corrected chi connectivity index (χ2v) is 6.31. The quantitative estimate of drug-likeness (QED) is 0.292. The molecular formula is C24H23NO2. The van der Waals surface area contributed by atoms with Gasteiger partial charge in [-0.1, -0.05) is 61.9 Å². The van der Waals surface area contributed by atoms with Crippen LogP contribution in [-0.2, 0) is 0 Å². The van der Waals surface area contributed by atoms with E-state index in [-0.39, 0.29) is 0 Å². The van der Waals surface area contributed by atoms with Crippen molar-refractivity contribution < 1.29 is 9.47 Å². The highest BCUT2D eigenvalue weighted by atomic mass is 16.5. The van der Waals surface area contributed by atoms with Crippen LogP contribution in [0.15, 0.2) is 60.7 Å². The highest BCUT2D eigenvalue weighted by molar-refractivity contribution is 6.01. The number of hydrogen-bond acceptors (Lipinski definition) is 3. The van der Waals surface area contributed by atoms with Crippen LogP contribution in [0.4, 0.5) is 0 Å². The maximum absolute atomic E-state index is 9.75. The lowest BCUT2D eigenvalue weighted by molar-refractivity contribution is 0.288. The normalized spacial score (nSPS) is 11.2. The minimum atomic E-state index is 0.619. The summed E-state index contributed by atoms with van der Waals surface area (Å²) in [5.41, 5.74) is 2.45. The molecule has 0 aliphatic heterocycles. The van der Waals surface area contributed by atoms with E-state index in [9.17, 15) is 5.26 Å². The van der Waals surface area contributed by atoms with Gasteiger partial charge in [0.15, 0.2) is 11.5 Å². The van der Waals surface area contributed by atoms with Gasteiger partial charge in [0.2, 0.25) is 0 Å². The van der Waals surface area contributed by atoms with Crippen molar-refractivity contribution in [2.45, 2.75) is 19.8 Å². The summed E-state index contributed by atoms with van der Waals surface area (Å²) in [6.07, 6.45) is 3.98. The van der Waals surface area contributed by atoms with Gasteiger partial charge in [-0.3, -0.25) is 0 Å². The van der Waals surface area contributed by atoms with Gasteiger partial charge in [0, 0.05) is 5.56 Å². The van der Waals surface area contributed by atoms with Crippen molar-refractivity contribution in [3.63, 3.8) is 0 Å². The van der Waals surface area contributed by atoms with Gasteiger partial charge >= 0.3 is 0 Å². The maximum Gasteiger partial charge on any atom is 0.161 e. The van der Waals surface area contributed by atoms with Crippen LogP contribution in [0.2, 0.25) is 0 Å². The molecule has 0 bridgehead atoms. The summed E-state index contributed by atoms with van der Waals surface area (Å²) in [7, 11) is 1.63. The van der Waals surface area contributed by atoms with E-state index in [2.05, 4.69) is 25.1 Å². The zero-order valence-electron chi connectivity index (χ0n) is 15.7. The molecule has 0 aromatic heterocycles. The fraction of sp³-hybridized carbons (Fsp3) is 0.208. The molecule has 0 unspecified atom stereocenters. The Bertz CT molecular complexity index is 993. The molecule has 3 aromatic carbocycles. The van der Waals surface area contributed by atoms with E-state index in [1.54, 1.807) is 7.11 Å². The van der Waals surface area contributed by atoms with Crippen molar-refractivity contribution in [2.24, 2.45) is 0 Å². The van der Waals surface area contributed by atoms with Crippen molar-refractivity contribution in [2.75, 3.05) is 13.7 Å². The Balaban J connectivity index is 1.97. The van der Waals surface area contributed by atoms with E-state index in [0.717, 1.165) is 40.5 Å². The summed E-state index contributed by atoms with van der Waals surface area (Å²) in [5.74, 6) is 1.40. The van der Waals surface area contributed by atoms with Gasteiger partial charge in [-0.15, -0.1) is 0 Å². The summed E-state index contributed by atoms with van der Waals surface area (Å²) < 4.78 is 11.3. The van der Waals surface area contributed by atoms with Gasteiger partial charge in [0.1, 0.15) is 0 Å². The fourth-order valence-corrected chi connectivity index (χ4v) is 3.02. The highest BCUT2D eigenvalue weighted by Crippen LogP contribution is 2.31. The Morgan fingerprint density at radius 2 is 1.85 bits per heavy atom. The molecule has 0 atom stereocenters. The number of nitriles is 1. The molecule has 136 valence electrons. The van der Waals surface area contributed by atoms with Crippen LogP contribution in [0.1, 0.15) is 30.9 Å². The van der Waals surface area contributed by atoms with Crippen molar-refractivity contribution >= 4 is 22.4 Å². The molecule has 3 nitrogen and oxygen atoms in total. The molecule has 3 aromatic rings. The third-order valence-corrected chi connectivity index (χ3v) is 4.45. The molecule has 0 aliphatic carbocycles. The van der Waals surface area contributed by atoms with Gasteiger partial charge in [0.25, 0.3) is 0 Å². The zero-order valence-corrected chi connectivity index (χ0v) is 15.7. The predicted octanol–water partition coefficient (Wildman–Crippen LogP) is 6.09. The van der Waals surface area contributed by atoms with E-state index in [1.165, 1.54) is 0 Å². The average molecular weight is 357 g/mol. The monoisotopic (exact) mass is 357 g/mol. The van der Waals surface area contributed by atoms with Gasteiger partial charge < -0.3 is 9.47 Å². The maximum atomic E-state index is 9.75. The SMILES string of the molecule is CCCCOc1ccc(/C=C(\C#N)c2cccc3ccccc23)cc1OC. The van der Waals surface area contributed by atoms with Crippen LogP contribution >= 0.6 is 0 Å². The van der Waals surface area contributed by atoms with Gasteiger partial charge in [0.05, 0.1) is 25.4 Å². The minimum Gasteiger partial charge on any atom is -0.493 e. The first-order valence-electron chi connectivity index (χ1n) is 9.17. The number of fused-ring (bicyclic) bond motifs is 1. The lowest BCUT2D eigenvalue weighted by Gasteiger charge is -2.11. The molecule has 3 heteroatoms. The molecular weight excluding hydrogens is 334 g/mol. The topological polar surface area (TPSA) is 42.2 Å². The Kier molecular flexibility index (Phi) is 6.12. The van der Waals surface area contributed by atoms with Crippen LogP contribution in [-0.4, -0.2) is 13.7 Å². The van der Waals surface area contributed by atoms with Crippen molar-refractivity contribution in [1.82, 2.24) is 0 Å². The molecule has 0 aliphatic rings. The number of nitrogens with zero attached hydrogens (tertiary/aromatic N) is 1. The molecule has 0 saturated heterocycles. The summed E-state index contributed by atoms with van der Waals surface area (Å²) in [6.45, 7) is 2.80. The highest BCUT2D eigenvalue weighted by Gasteiger charge is 2.09. The largest absolute Gasteiger partial charge is 0.493 e. The van der Waals surface area contributed by atoms with Crippen LogP contribution in [0.5, 0.6) is 11.5 Å². The Morgan fingerprint density at radius 3 is 2.63 bits per heavy atom. The molecule has 0 amide bonds. The average Bonchev–Trinajstić information content (AvgIpc) is 2.72. The second-order valence-electron chi connectivity index (χ2n) is 6.31. The van der Waals surface area contributed by atoms with E-state index in [1.807, 2.05) is 54.6 Å². The molecule has 27 heavy (non-hydrogen) atoms. The number of allylic oxidation sites excluding steroid dienone is 1. The molecule has 0 spiro atoms. The molecule has 0 N–H and O–H groups in total.